The molecular weight excluding hydrogens is 397 g/mol. The standard InChI is InChI=1S/C19H18Cl2F2N2O2/c1-11-10-24(4-5-25(11)17-3-2-13(20)8-16(17)21)19(27)18(26)12-6-14(22)9-15(23)7-12/h2-3,6-9,11,18,26H,4-5,10H2,1H3. The van der Waals surface area contributed by atoms with Crippen molar-refractivity contribution < 1.29 is 18.7 Å². The van der Waals surface area contributed by atoms with Crippen molar-refractivity contribution in [2.75, 3.05) is 24.5 Å². The molecular formula is C19H18Cl2F2N2O2. The average Bonchev–Trinajstić information content (AvgIpc) is 2.60. The number of amides is 1. The fraction of sp³-hybridized carbons (Fsp3) is 0.316. The third-order valence-corrected chi connectivity index (χ3v) is 5.13. The Morgan fingerprint density at radius 1 is 1.15 bits per heavy atom. The molecule has 3 rings (SSSR count). The van der Waals surface area contributed by atoms with Gasteiger partial charge < -0.3 is 14.9 Å². The molecule has 1 aliphatic rings. The summed E-state index contributed by atoms with van der Waals surface area (Å²) in [6.07, 6.45) is -1.62. The van der Waals surface area contributed by atoms with Crippen molar-refractivity contribution in [3.63, 3.8) is 0 Å². The van der Waals surface area contributed by atoms with Crippen LogP contribution < -0.4 is 4.90 Å². The van der Waals surface area contributed by atoms with Crippen molar-refractivity contribution in [3.8, 4) is 0 Å². The minimum absolute atomic E-state index is 0.0715. The summed E-state index contributed by atoms with van der Waals surface area (Å²) in [5, 5.41) is 11.3. The van der Waals surface area contributed by atoms with Gasteiger partial charge in [-0.1, -0.05) is 23.2 Å². The summed E-state index contributed by atoms with van der Waals surface area (Å²) in [7, 11) is 0. The zero-order valence-electron chi connectivity index (χ0n) is 14.5. The first-order valence-corrected chi connectivity index (χ1v) is 9.16. The summed E-state index contributed by atoms with van der Waals surface area (Å²) in [6.45, 7) is 3.11. The van der Waals surface area contributed by atoms with E-state index in [2.05, 4.69) is 4.90 Å². The summed E-state index contributed by atoms with van der Waals surface area (Å²) in [4.78, 5) is 16.1. The summed E-state index contributed by atoms with van der Waals surface area (Å²) in [5.74, 6) is -2.27. The van der Waals surface area contributed by atoms with Crippen molar-refractivity contribution in [3.05, 3.63) is 63.6 Å². The minimum atomic E-state index is -1.62. The van der Waals surface area contributed by atoms with Gasteiger partial charge in [0.05, 0.1) is 10.7 Å². The molecule has 4 nitrogen and oxygen atoms in total. The van der Waals surface area contributed by atoms with Crippen molar-refractivity contribution >= 4 is 34.8 Å². The smallest absolute Gasteiger partial charge is 0.256 e. The molecule has 0 aromatic heterocycles. The summed E-state index contributed by atoms with van der Waals surface area (Å²) < 4.78 is 26.7. The van der Waals surface area contributed by atoms with Crippen LogP contribution in [0.15, 0.2) is 36.4 Å². The Bertz CT molecular complexity index is 845. The van der Waals surface area contributed by atoms with E-state index in [-0.39, 0.29) is 11.6 Å². The molecule has 1 aliphatic heterocycles. The van der Waals surface area contributed by atoms with Crippen molar-refractivity contribution in [2.45, 2.75) is 19.1 Å². The van der Waals surface area contributed by atoms with E-state index in [0.717, 1.165) is 17.8 Å². The van der Waals surface area contributed by atoms with E-state index in [1.807, 2.05) is 13.0 Å². The third kappa shape index (κ3) is 4.34. The molecule has 0 aliphatic carbocycles. The second-order valence-corrected chi connectivity index (χ2v) is 7.37. The Morgan fingerprint density at radius 3 is 2.41 bits per heavy atom. The van der Waals surface area contributed by atoms with Crippen LogP contribution in [0.5, 0.6) is 0 Å². The first kappa shape index (κ1) is 19.9. The molecule has 1 fully saturated rings. The number of halogens is 4. The van der Waals surface area contributed by atoms with Gasteiger partial charge >= 0.3 is 0 Å². The highest BCUT2D eigenvalue weighted by Gasteiger charge is 2.31. The van der Waals surface area contributed by atoms with E-state index in [9.17, 15) is 18.7 Å². The van der Waals surface area contributed by atoms with Gasteiger partial charge in [0, 0.05) is 36.8 Å². The van der Waals surface area contributed by atoms with E-state index < -0.39 is 23.6 Å². The molecule has 2 atom stereocenters. The number of rotatable bonds is 3. The average molecular weight is 415 g/mol. The van der Waals surface area contributed by atoms with Crippen LogP contribution in [0.3, 0.4) is 0 Å². The fourth-order valence-corrected chi connectivity index (χ4v) is 3.80. The van der Waals surface area contributed by atoms with Crippen LogP contribution in [0.1, 0.15) is 18.6 Å². The number of carbonyl (C=O) groups excluding carboxylic acids is 1. The number of piperazine rings is 1. The predicted octanol–water partition coefficient (Wildman–Crippen LogP) is 4.04. The number of aliphatic hydroxyl groups excluding tert-OH is 1. The normalized spacial score (nSPS) is 18.5. The Morgan fingerprint density at radius 2 is 1.81 bits per heavy atom. The molecule has 144 valence electrons. The Labute approximate surface area is 165 Å². The van der Waals surface area contributed by atoms with E-state index in [0.29, 0.717) is 35.7 Å². The van der Waals surface area contributed by atoms with Crippen LogP contribution >= 0.6 is 23.2 Å². The first-order valence-electron chi connectivity index (χ1n) is 8.41. The number of nitrogens with zero attached hydrogens (tertiary/aromatic N) is 2. The molecule has 8 heteroatoms. The lowest BCUT2D eigenvalue weighted by Crippen LogP contribution is -2.54. The van der Waals surface area contributed by atoms with Crippen molar-refractivity contribution in [1.82, 2.24) is 4.90 Å². The van der Waals surface area contributed by atoms with E-state index in [1.54, 1.807) is 12.1 Å². The zero-order valence-corrected chi connectivity index (χ0v) is 16.0. The van der Waals surface area contributed by atoms with E-state index in [1.165, 1.54) is 4.90 Å². The van der Waals surface area contributed by atoms with E-state index in [4.69, 9.17) is 23.2 Å². The number of hydrogen-bond donors (Lipinski definition) is 1. The Kier molecular flexibility index (Phi) is 5.89. The predicted molar refractivity (Wildman–Crippen MR) is 101 cm³/mol. The number of benzene rings is 2. The maximum absolute atomic E-state index is 13.4. The Hall–Kier alpha value is -1.89. The van der Waals surface area contributed by atoms with Gasteiger partial charge in [0.15, 0.2) is 6.10 Å². The minimum Gasteiger partial charge on any atom is -0.378 e. The first-order chi connectivity index (χ1) is 12.8. The van der Waals surface area contributed by atoms with Crippen LogP contribution in [0.2, 0.25) is 10.0 Å². The molecule has 27 heavy (non-hydrogen) atoms. The van der Waals surface area contributed by atoms with Crippen LogP contribution in [0, 0.1) is 11.6 Å². The van der Waals surface area contributed by atoms with Gasteiger partial charge in [0.25, 0.3) is 5.91 Å². The number of hydrogen-bond acceptors (Lipinski definition) is 3. The van der Waals surface area contributed by atoms with Gasteiger partial charge in [-0.05, 0) is 42.8 Å². The zero-order chi connectivity index (χ0) is 19.7. The number of aliphatic hydroxyl groups is 1. The van der Waals surface area contributed by atoms with Crippen molar-refractivity contribution in [1.29, 1.82) is 0 Å². The summed E-state index contributed by atoms with van der Waals surface area (Å²) in [6, 6.07) is 7.76. The molecule has 0 radical (unpaired) electrons. The monoisotopic (exact) mass is 414 g/mol. The Balaban J connectivity index is 1.72. The molecule has 2 aromatic carbocycles. The molecule has 1 heterocycles. The lowest BCUT2D eigenvalue weighted by molar-refractivity contribution is -0.141. The summed E-state index contributed by atoms with van der Waals surface area (Å²) >= 11 is 12.2. The highest BCUT2D eigenvalue weighted by molar-refractivity contribution is 6.36. The van der Waals surface area contributed by atoms with Gasteiger partial charge in [0.1, 0.15) is 11.6 Å². The van der Waals surface area contributed by atoms with Crippen LogP contribution in [0.4, 0.5) is 14.5 Å². The van der Waals surface area contributed by atoms with Crippen LogP contribution in [0.25, 0.3) is 0 Å². The SMILES string of the molecule is CC1CN(C(=O)C(O)c2cc(F)cc(F)c2)CCN1c1ccc(Cl)cc1Cl. The second kappa shape index (κ2) is 8.00. The van der Waals surface area contributed by atoms with Crippen LogP contribution in [-0.4, -0.2) is 41.6 Å². The molecule has 1 N–H and O–H groups in total. The molecule has 1 saturated heterocycles. The highest BCUT2D eigenvalue weighted by atomic mass is 35.5. The fourth-order valence-electron chi connectivity index (χ4n) is 3.28. The quantitative estimate of drug-likeness (QED) is 0.823. The molecule has 0 saturated carbocycles. The number of anilines is 1. The molecule has 2 unspecified atom stereocenters. The topological polar surface area (TPSA) is 43.8 Å². The molecule has 2 aromatic rings. The third-order valence-electron chi connectivity index (χ3n) is 4.59. The van der Waals surface area contributed by atoms with Gasteiger partial charge in [-0.3, -0.25) is 4.79 Å². The largest absolute Gasteiger partial charge is 0.378 e. The molecule has 1 amide bonds. The lowest BCUT2D eigenvalue weighted by atomic mass is 10.1. The molecule has 0 spiro atoms. The van der Waals surface area contributed by atoms with Crippen LogP contribution in [-0.2, 0) is 4.79 Å². The van der Waals surface area contributed by atoms with Gasteiger partial charge in [0.2, 0.25) is 0 Å². The van der Waals surface area contributed by atoms with Gasteiger partial charge in [-0.15, -0.1) is 0 Å². The lowest BCUT2D eigenvalue weighted by Gasteiger charge is -2.42. The second-order valence-electron chi connectivity index (χ2n) is 6.53. The van der Waals surface area contributed by atoms with E-state index >= 15 is 0 Å². The molecule has 0 bridgehead atoms. The highest BCUT2D eigenvalue weighted by Crippen LogP contribution is 2.31. The summed E-state index contributed by atoms with van der Waals surface area (Å²) in [5.41, 5.74) is 0.710. The number of carbonyl (C=O) groups is 1. The maximum atomic E-state index is 13.4. The van der Waals surface area contributed by atoms with Crippen molar-refractivity contribution in [2.24, 2.45) is 0 Å². The van der Waals surface area contributed by atoms with Gasteiger partial charge in [-0.25, -0.2) is 8.78 Å². The van der Waals surface area contributed by atoms with Gasteiger partial charge in [-0.2, -0.15) is 0 Å². The maximum Gasteiger partial charge on any atom is 0.256 e.